The van der Waals surface area contributed by atoms with Crippen LogP contribution in [0.2, 0.25) is 0 Å². The molecule has 0 saturated heterocycles. The van der Waals surface area contributed by atoms with E-state index in [0.717, 1.165) is 36.8 Å². The van der Waals surface area contributed by atoms with Crippen molar-refractivity contribution in [3.05, 3.63) is 41.5 Å². The first-order valence-corrected chi connectivity index (χ1v) is 8.54. The molecule has 0 bridgehead atoms. The molecule has 0 unspecified atom stereocenters. The lowest BCUT2D eigenvalue weighted by atomic mass is 10.2. The summed E-state index contributed by atoms with van der Waals surface area (Å²) in [6.45, 7) is 5.48. The maximum atomic E-state index is 12.1. The van der Waals surface area contributed by atoms with Gasteiger partial charge in [0, 0.05) is 19.4 Å². The Balaban J connectivity index is 1.40. The lowest BCUT2D eigenvalue weighted by Crippen LogP contribution is -2.28. The smallest absolute Gasteiger partial charge is 0.220 e. The number of ether oxygens (including phenoxy) is 1. The Bertz CT molecular complexity index is 694. The van der Waals surface area contributed by atoms with Crippen molar-refractivity contribution in [2.75, 3.05) is 6.61 Å². The minimum Gasteiger partial charge on any atom is -0.494 e. The largest absolute Gasteiger partial charge is 0.494 e. The molecule has 2 aromatic rings. The Morgan fingerprint density at radius 2 is 2.12 bits per heavy atom. The van der Waals surface area contributed by atoms with Crippen molar-refractivity contribution in [3.8, 4) is 5.75 Å². The van der Waals surface area contributed by atoms with Crippen LogP contribution >= 0.6 is 0 Å². The minimum absolute atomic E-state index is 0.0188. The zero-order valence-corrected chi connectivity index (χ0v) is 14.3. The molecule has 1 aliphatic rings. The number of benzene rings is 1. The van der Waals surface area contributed by atoms with Crippen molar-refractivity contribution >= 4 is 5.91 Å². The van der Waals surface area contributed by atoms with E-state index in [4.69, 9.17) is 4.74 Å². The Hall–Kier alpha value is -2.37. The average molecular weight is 328 g/mol. The second kappa shape index (κ2) is 7.47. The Morgan fingerprint density at radius 3 is 2.92 bits per heavy atom. The molecule has 6 nitrogen and oxygen atoms in total. The third-order valence-corrected chi connectivity index (χ3v) is 4.24. The van der Waals surface area contributed by atoms with E-state index in [1.807, 2.05) is 38.1 Å². The van der Waals surface area contributed by atoms with Crippen molar-refractivity contribution in [2.45, 2.75) is 52.1 Å². The Labute approximate surface area is 142 Å². The van der Waals surface area contributed by atoms with E-state index in [1.165, 1.54) is 5.56 Å². The number of rotatable bonds is 7. The normalized spacial score (nSPS) is 14.2. The number of carbonyl (C=O) groups is 1. The first kappa shape index (κ1) is 16.5. The summed E-state index contributed by atoms with van der Waals surface area (Å²) in [5.41, 5.74) is 1.20. The molecule has 3 rings (SSSR count). The lowest BCUT2D eigenvalue weighted by molar-refractivity contribution is -0.122. The van der Waals surface area contributed by atoms with E-state index in [-0.39, 0.29) is 11.9 Å². The number of aromatic nitrogens is 3. The highest BCUT2D eigenvalue weighted by Crippen LogP contribution is 2.19. The van der Waals surface area contributed by atoms with Crippen molar-refractivity contribution < 1.29 is 9.53 Å². The Kier molecular flexibility index (Phi) is 5.13. The fourth-order valence-corrected chi connectivity index (χ4v) is 2.93. The van der Waals surface area contributed by atoms with Crippen LogP contribution in [0.25, 0.3) is 0 Å². The van der Waals surface area contributed by atoms with E-state index in [2.05, 4.69) is 20.1 Å². The van der Waals surface area contributed by atoms with Crippen LogP contribution in [0.5, 0.6) is 5.75 Å². The van der Waals surface area contributed by atoms with Gasteiger partial charge in [0.15, 0.2) is 5.82 Å². The van der Waals surface area contributed by atoms with Crippen LogP contribution in [0.15, 0.2) is 24.3 Å². The maximum Gasteiger partial charge on any atom is 0.220 e. The number of amides is 1. The first-order chi connectivity index (χ1) is 11.6. The molecule has 1 atom stereocenters. The molecule has 0 spiro atoms. The van der Waals surface area contributed by atoms with Crippen LogP contribution < -0.4 is 10.1 Å². The van der Waals surface area contributed by atoms with Crippen LogP contribution in [-0.2, 0) is 17.8 Å². The van der Waals surface area contributed by atoms with Gasteiger partial charge in [-0.2, -0.15) is 0 Å². The average Bonchev–Trinajstić information content (AvgIpc) is 3.16. The van der Waals surface area contributed by atoms with Gasteiger partial charge < -0.3 is 14.6 Å². The number of fused-ring (bicyclic) bond motifs is 1. The monoisotopic (exact) mass is 328 g/mol. The number of nitrogens with zero attached hydrogens (tertiary/aromatic N) is 3. The first-order valence-electron chi connectivity index (χ1n) is 8.54. The number of aryl methyl sites for hydroxylation is 2. The number of hydrogen-bond acceptors (Lipinski definition) is 4. The molecule has 1 amide bonds. The summed E-state index contributed by atoms with van der Waals surface area (Å²) in [5.74, 6) is 2.74. The van der Waals surface area contributed by atoms with Crippen LogP contribution in [0.1, 0.15) is 49.4 Å². The maximum absolute atomic E-state index is 12.1. The van der Waals surface area contributed by atoms with Gasteiger partial charge in [0.2, 0.25) is 5.91 Å². The van der Waals surface area contributed by atoms with Gasteiger partial charge in [0.1, 0.15) is 11.6 Å². The molecular weight excluding hydrogens is 304 g/mol. The Morgan fingerprint density at radius 1 is 1.33 bits per heavy atom. The van der Waals surface area contributed by atoms with Gasteiger partial charge >= 0.3 is 0 Å². The highest BCUT2D eigenvalue weighted by molar-refractivity contribution is 5.76. The van der Waals surface area contributed by atoms with E-state index < -0.39 is 0 Å². The quantitative estimate of drug-likeness (QED) is 0.793. The summed E-state index contributed by atoms with van der Waals surface area (Å²) in [6.07, 6.45) is 3.21. The van der Waals surface area contributed by atoms with Crippen LogP contribution in [-0.4, -0.2) is 27.3 Å². The van der Waals surface area contributed by atoms with E-state index in [9.17, 15) is 4.79 Å². The predicted molar refractivity (Wildman–Crippen MR) is 90.8 cm³/mol. The van der Waals surface area contributed by atoms with Gasteiger partial charge in [0.25, 0.3) is 0 Å². The lowest BCUT2D eigenvalue weighted by Gasteiger charge is -2.14. The molecule has 1 aliphatic heterocycles. The second-order valence-corrected chi connectivity index (χ2v) is 6.28. The molecule has 0 aliphatic carbocycles. The predicted octanol–water partition coefficient (Wildman–Crippen LogP) is 2.57. The van der Waals surface area contributed by atoms with Crippen molar-refractivity contribution in [3.63, 3.8) is 0 Å². The molecule has 128 valence electrons. The molecule has 0 fully saturated rings. The zero-order valence-electron chi connectivity index (χ0n) is 14.3. The number of nitrogens with one attached hydrogen (secondary N) is 1. The van der Waals surface area contributed by atoms with Gasteiger partial charge in [-0.25, -0.2) is 0 Å². The highest BCUT2D eigenvalue weighted by atomic mass is 16.5. The summed E-state index contributed by atoms with van der Waals surface area (Å²) in [5, 5.41) is 11.4. The highest BCUT2D eigenvalue weighted by Gasteiger charge is 2.22. The van der Waals surface area contributed by atoms with Gasteiger partial charge in [-0.1, -0.05) is 17.7 Å². The third-order valence-electron chi connectivity index (χ3n) is 4.24. The molecule has 2 heterocycles. The number of hydrogen-bond donors (Lipinski definition) is 1. The summed E-state index contributed by atoms with van der Waals surface area (Å²) >= 11 is 0. The fourth-order valence-electron chi connectivity index (χ4n) is 2.93. The zero-order chi connectivity index (χ0) is 16.9. The molecule has 1 aromatic heterocycles. The fraction of sp³-hybridized carbons (Fsp3) is 0.500. The summed E-state index contributed by atoms with van der Waals surface area (Å²) in [6, 6.07) is 7.81. The molecule has 0 radical (unpaired) electrons. The molecule has 1 aromatic carbocycles. The van der Waals surface area contributed by atoms with E-state index in [1.54, 1.807) is 0 Å². The SMILES string of the molecule is Cc1ccc(OCCCC(=O)N[C@H](C)c2nnc3n2CCC3)cc1. The molecule has 24 heavy (non-hydrogen) atoms. The van der Waals surface area contributed by atoms with E-state index in [0.29, 0.717) is 19.4 Å². The molecule has 0 saturated carbocycles. The van der Waals surface area contributed by atoms with Crippen LogP contribution in [0.4, 0.5) is 0 Å². The summed E-state index contributed by atoms with van der Waals surface area (Å²) in [7, 11) is 0. The summed E-state index contributed by atoms with van der Waals surface area (Å²) < 4.78 is 7.76. The van der Waals surface area contributed by atoms with Gasteiger partial charge in [-0.15, -0.1) is 10.2 Å². The summed E-state index contributed by atoms with van der Waals surface area (Å²) in [4.78, 5) is 12.1. The molecular formula is C18H24N4O2. The van der Waals surface area contributed by atoms with Gasteiger partial charge in [0.05, 0.1) is 12.6 Å². The van der Waals surface area contributed by atoms with E-state index >= 15 is 0 Å². The third kappa shape index (κ3) is 3.93. The van der Waals surface area contributed by atoms with Gasteiger partial charge in [-0.05, 0) is 38.8 Å². The van der Waals surface area contributed by atoms with Crippen LogP contribution in [0.3, 0.4) is 0 Å². The topological polar surface area (TPSA) is 69.0 Å². The second-order valence-electron chi connectivity index (χ2n) is 6.28. The van der Waals surface area contributed by atoms with Crippen LogP contribution in [0, 0.1) is 6.92 Å². The van der Waals surface area contributed by atoms with Crippen molar-refractivity contribution in [1.29, 1.82) is 0 Å². The molecule has 6 heteroatoms. The van der Waals surface area contributed by atoms with Crippen molar-refractivity contribution in [1.82, 2.24) is 20.1 Å². The minimum atomic E-state index is -0.116. The van der Waals surface area contributed by atoms with Gasteiger partial charge in [-0.3, -0.25) is 4.79 Å². The molecule has 1 N–H and O–H groups in total. The van der Waals surface area contributed by atoms with Crippen molar-refractivity contribution in [2.24, 2.45) is 0 Å². The number of carbonyl (C=O) groups excluding carboxylic acids is 1. The standard InChI is InChI=1S/C18H24N4O2/c1-13-7-9-15(10-8-13)24-12-4-6-17(23)19-14(2)18-21-20-16-5-3-11-22(16)18/h7-10,14H,3-6,11-12H2,1-2H3,(H,19,23)/t14-/m1/s1.